The average molecular weight is 358 g/mol. The molecule has 2 heterocycles. The number of aromatic nitrogens is 1. The van der Waals surface area contributed by atoms with Crippen LogP contribution in [0.4, 0.5) is 0 Å². The Morgan fingerprint density at radius 2 is 1.74 bits per heavy atom. The van der Waals surface area contributed by atoms with Gasteiger partial charge in [-0.1, -0.05) is 54.6 Å². The molecule has 0 amide bonds. The second kappa shape index (κ2) is 6.63. The topological polar surface area (TPSA) is 35.4 Å². The van der Waals surface area contributed by atoms with Crippen molar-refractivity contribution in [3.8, 4) is 11.5 Å². The maximum absolute atomic E-state index is 6.16. The molecule has 0 aliphatic carbocycles. The first-order chi connectivity index (χ1) is 13.4. The van der Waals surface area contributed by atoms with Crippen LogP contribution >= 0.6 is 0 Å². The second-order valence-electron chi connectivity index (χ2n) is 6.86. The van der Waals surface area contributed by atoms with E-state index in [2.05, 4.69) is 76.6 Å². The smallest absolute Gasteiger partial charge is 0.143 e. The number of para-hydroxylation sites is 2. The highest BCUT2D eigenvalue weighted by Gasteiger charge is 2.28. The van der Waals surface area contributed by atoms with Crippen LogP contribution in [-0.2, 0) is 0 Å². The largest absolute Gasteiger partial charge is 0.490 e. The van der Waals surface area contributed by atoms with Crippen LogP contribution in [-0.4, -0.2) is 31.4 Å². The quantitative estimate of drug-likeness (QED) is 0.538. The Morgan fingerprint density at radius 3 is 2.56 bits per heavy atom. The van der Waals surface area contributed by atoms with E-state index in [1.54, 1.807) is 0 Å². The maximum Gasteiger partial charge on any atom is 0.143 e. The maximum atomic E-state index is 6.16. The summed E-state index contributed by atoms with van der Waals surface area (Å²) in [7, 11) is 1.94. The number of nitrogens with one attached hydrogen (secondary N) is 1. The zero-order valence-corrected chi connectivity index (χ0v) is 15.3. The van der Waals surface area contributed by atoms with Crippen LogP contribution in [0.3, 0.4) is 0 Å². The Balaban J connectivity index is 1.80. The van der Waals surface area contributed by atoms with E-state index in [0.29, 0.717) is 13.2 Å². The lowest BCUT2D eigenvalue weighted by Gasteiger charge is -2.28. The third-order valence-electron chi connectivity index (χ3n) is 5.27. The van der Waals surface area contributed by atoms with Gasteiger partial charge in [-0.05, 0) is 24.7 Å². The van der Waals surface area contributed by atoms with E-state index in [-0.39, 0.29) is 6.04 Å². The van der Waals surface area contributed by atoms with E-state index >= 15 is 0 Å². The van der Waals surface area contributed by atoms with E-state index in [9.17, 15) is 0 Å². The molecule has 0 saturated heterocycles. The molecule has 0 saturated carbocycles. The first-order valence-electron chi connectivity index (χ1n) is 9.39. The molecule has 1 atom stereocenters. The van der Waals surface area contributed by atoms with Gasteiger partial charge in [0.15, 0.2) is 0 Å². The third-order valence-corrected chi connectivity index (χ3v) is 5.27. The minimum atomic E-state index is 0.121. The Bertz CT molecular complexity index is 1100. The summed E-state index contributed by atoms with van der Waals surface area (Å²) in [4.78, 5) is 0. The fourth-order valence-electron chi connectivity index (χ4n) is 4.06. The van der Waals surface area contributed by atoms with Gasteiger partial charge in [0.2, 0.25) is 0 Å². The molecule has 1 aliphatic rings. The summed E-state index contributed by atoms with van der Waals surface area (Å²) in [5.41, 5.74) is 3.54. The van der Waals surface area contributed by atoms with Crippen molar-refractivity contribution in [2.75, 3.05) is 26.8 Å². The van der Waals surface area contributed by atoms with Crippen LogP contribution in [0.25, 0.3) is 21.8 Å². The van der Waals surface area contributed by atoms with Gasteiger partial charge in [-0.2, -0.15) is 0 Å². The van der Waals surface area contributed by atoms with Crippen molar-refractivity contribution in [2.45, 2.75) is 6.04 Å². The van der Waals surface area contributed by atoms with E-state index in [1.165, 1.54) is 16.3 Å². The predicted octanol–water partition coefficient (Wildman–Crippen LogP) is 4.37. The molecule has 1 unspecified atom stereocenters. The van der Waals surface area contributed by atoms with Gasteiger partial charge in [-0.25, -0.2) is 0 Å². The van der Waals surface area contributed by atoms with Crippen molar-refractivity contribution in [1.29, 1.82) is 0 Å². The SMILES string of the molecule is CNCCOc1cccc2c3cccc4c3n(c12)C(c1ccccc1)CO4. The summed E-state index contributed by atoms with van der Waals surface area (Å²) in [6, 6.07) is 23.3. The summed E-state index contributed by atoms with van der Waals surface area (Å²) in [5, 5.41) is 5.56. The fraction of sp³-hybridized carbons (Fsp3) is 0.217. The van der Waals surface area contributed by atoms with Gasteiger partial charge in [0, 0.05) is 17.3 Å². The standard InChI is InChI=1S/C23H22N2O2/c1-24-13-14-26-20-11-5-9-17-18-10-6-12-21-23(18)25(22(17)20)19(15-27-21)16-7-3-2-4-8-16/h2-12,19,24H,13-15H2,1H3. The molecule has 27 heavy (non-hydrogen) atoms. The van der Waals surface area contributed by atoms with Gasteiger partial charge >= 0.3 is 0 Å². The highest BCUT2D eigenvalue weighted by Crippen LogP contribution is 2.44. The number of likely N-dealkylation sites (N-methyl/N-ethyl adjacent to an activating group) is 1. The number of rotatable bonds is 5. The number of benzene rings is 3. The summed E-state index contributed by atoms with van der Waals surface area (Å²) in [6.07, 6.45) is 0. The molecule has 1 aromatic heterocycles. The molecular weight excluding hydrogens is 336 g/mol. The van der Waals surface area contributed by atoms with Crippen LogP contribution in [0.2, 0.25) is 0 Å². The molecule has 3 aromatic carbocycles. The predicted molar refractivity (Wildman–Crippen MR) is 109 cm³/mol. The number of hydrogen-bond donors (Lipinski definition) is 1. The monoisotopic (exact) mass is 358 g/mol. The Morgan fingerprint density at radius 1 is 0.963 bits per heavy atom. The summed E-state index contributed by atoms with van der Waals surface area (Å²) >= 11 is 0. The normalized spacial score (nSPS) is 15.8. The minimum Gasteiger partial charge on any atom is -0.490 e. The van der Waals surface area contributed by atoms with Gasteiger partial charge < -0.3 is 19.4 Å². The number of hydrogen-bond acceptors (Lipinski definition) is 3. The van der Waals surface area contributed by atoms with Gasteiger partial charge in [0.1, 0.15) is 24.7 Å². The van der Waals surface area contributed by atoms with Crippen molar-refractivity contribution in [1.82, 2.24) is 9.88 Å². The van der Waals surface area contributed by atoms with Gasteiger partial charge in [0.25, 0.3) is 0 Å². The molecule has 4 aromatic rings. The first kappa shape index (κ1) is 16.2. The summed E-state index contributed by atoms with van der Waals surface area (Å²) in [5.74, 6) is 1.87. The Hall–Kier alpha value is -2.98. The van der Waals surface area contributed by atoms with E-state index in [4.69, 9.17) is 9.47 Å². The number of nitrogens with zero attached hydrogens (tertiary/aromatic N) is 1. The van der Waals surface area contributed by atoms with Crippen LogP contribution in [0, 0.1) is 0 Å². The highest BCUT2D eigenvalue weighted by molar-refractivity contribution is 6.12. The summed E-state index contributed by atoms with van der Waals surface area (Å²) < 4.78 is 14.7. The second-order valence-corrected chi connectivity index (χ2v) is 6.86. The Labute approximate surface area is 158 Å². The fourth-order valence-corrected chi connectivity index (χ4v) is 4.06. The number of ether oxygens (including phenoxy) is 2. The molecule has 1 N–H and O–H groups in total. The molecule has 5 rings (SSSR count). The average Bonchev–Trinajstić information content (AvgIpc) is 3.07. The molecular formula is C23H22N2O2. The van der Waals surface area contributed by atoms with Gasteiger partial charge in [-0.15, -0.1) is 0 Å². The zero-order chi connectivity index (χ0) is 18.2. The Kier molecular flexibility index (Phi) is 3.98. The molecule has 4 heteroatoms. The zero-order valence-electron chi connectivity index (χ0n) is 15.3. The van der Waals surface area contributed by atoms with Gasteiger partial charge in [-0.3, -0.25) is 0 Å². The van der Waals surface area contributed by atoms with Crippen molar-refractivity contribution in [2.24, 2.45) is 0 Å². The van der Waals surface area contributed by atoms with Crippen LogP contribution in [0.5, 0.6) is 11.5 Å². The highest BCUT2D eigenvalue weighted by atomic mass is 16.5. The molecule has 0 bridgehead atoms. The lowest BCUT2D eigenvalue weighted by Crippen LogP contribution is -2.23. The molecule has 0 fully saturated rings. The molecule has 1 aliphatic heterocycles. The molecule has 0 spiro atoms. The lowest BCUT2D eigenvalue weighted by atomic mass is 10.1. The summed E-state index contributed by atoms with van der Waals surface area (Å²) in [6.45, 7) is 2.06. The van der Waals surface area contributed by atoms with Crippen LogP contribution < -0.4 is 14.8 Å². The third kappa shape index (κ3) is 2.56. The number of fused-ring (bicyclic) bond motifs is 3. The first-order valence-corrected chi connectivity index (χ1v) is 9.39. The van der Waals surface area contributed by atoms with Gasteiger partial charge in [0.05, 0.1) is 17.1 Å². The molecule has 0 radical (unpaired) electrons. The van der Waals surface area contributed by atoms with Crippen LogP contribution in [0.15, 0.2) is 66.7 Å². The van der Waals surface area contributed by atoms with Crippen molar-refractivity contribution in [3.05, 3.63) is 72.3 Å². The van der Waals surface area contributed by atoms with E-state index in [1.807, 2.05) is 7.05 Å². The van der Waals surface area contributed by atoms with E-state index < -0.39 is 0 Å². The lowest BCUT2D eigenvalue weighted by molar-refractivity contribution is 0.260. The molecule has 4 nitrogen and oxygen atoms in total. The van der Waals surface area contributed by atoms with Crippen molar-refractivity contribution < 1.29 is 9.47 Å². The van der Waals surface area contributed by atoms with Crippen molar-refractivity contribution in [3.63, 3.8) is 0 Å². The van der Waals surface area contributed by atoms with Crippen molar-refractivity contribution >= 4 is 21.8 Å². The van der Waals surface area contributed by atoms with E-state index in [0.717, 1.165) is 29.1 Å². The van der Waals surface area contributed by atoms with Crippen LogP contribution in [0.1, 0.15) is 11.6 Å². The molecule has 136 valence electrons. The minimum absolute atomic E-state index is 0.121.